The fourth-order valence-corrected chi connectivity index (χ4v) is 4.92. The van der Waals surface area contributed by atoms with E-state index in [0.717, 1.165) is 6.26 Å². The topological polar surface area (TPSA) is 93.5 Å². The Bertz CT molecular complexity index is 1180. The molecule has 0 saturated heterocycles. The summed E-state index contributed by atoms with van der Waals surface area (Å²) in [6.45, 7) is 0. The summed E-state index contributed by atoms with van der Waals surface area (Å²) in [7, 11) is -7.97. The van der Waals surface area contributed by atoms with E-state index in [2.05, 4.69) is 4.72 Å². The molecule has 0 aliphatic carbocycles. The molecule has 1 heterocycles. The van der Waals surface area contributed by atoms with E-state index in [0.29, 0.717) is 11.0 Å². The first kappa shape index (κ1) is 18.1. The molecule has 0 saturated carbocycles. The maximum Gasteiger partial charge on any atom is 0.297 e. The van der Waals surface area contributed by atoms with Gasteiger partial charge in [0, 0.05) is 16.7 Å². The molecule has 3 rings (SSSR count). The highest BCUT2D eigenvalue weighted by Gasteiger charge is 2.27. The van der Waals surface area contributed by atoms with Crippen LogP contribution < -0.4 is 4.72 Å². The van der Waals surface area contributed by atoms with E-state index in [1.165, 1.54) is 18.2 Å². The van der Waals surface area contributed by atoms with E-state index in [1.54, 1.807) is 24.3 Å². The highest BCUT2D eigenvalue weighted by atomic mass is 35.5. The number of fused-ring (bicyclic) bond motifs is 1. The molecule has 0 aliphatic heterocycles. The average Bonchev–Trinajstić information content (AvgIpc) is 2.84. The summed E-state index contributed by atoms with van der Waals surface area (Å²) in [6, 6.07) is 10.3. The number of rotatable bonds is 4. The normalized spacial score (nSPS) is 12.4. The number of anilines is 1. The molecular formula is C15H11Cl2NO5S2. The van der Waals surface area contributed by atoms with Crippen LogP contribution >= 0.6 is 23.2 Å². The molecule has 0 amide bonds. The van der Waals surface area contributed by atoms with Gasteiger partial charge in [-0.1, -0.05) is 35.3 Å². The third kappa shape index (κ3) is 3.48. The number of nitrogens with one attached hydrogen (secondary N) is 1. The van der Waals surface area contributed by atoms with E-state index >= 15 is 0 Å². The van der Waals surface area contributed by atoms with Gasteiger partial charge >= 0.3 is 0 Å². The number of benzene rings is 2. The van der Waals surface area contributed by atoms with Gasteiger partial charge in [-0.05, 0) is 30.3 Å². The molecule has 2 aromatic carbocycles. The minimum absolute atomic E-state index is 0.0916. The molecule has 0 spiro atoms. The third-order valence-electron chi connectivity index (χ3n) is 3.33. The van der Waals surface area contributed by atoms with Gasteiger partial charge < -0.3 is 4.42 Å². The van der Waals surface area contributed by atoms with E-state index < -0.39 is 25.0 Å². The lowest BCUT2D eigenvalue weighted by Gasteiger charge is -2.11. The molecule has 0 fully saturated rings. The van der Waals surface area contributed by atoms with Gasteiger partial charge in [0.05, 0.1) is 10.6 Å². The molecule has 1 N–H and O–H groups in total. The van der Waals surface area contributed by atoms with Crippen LogP contribution in [0.15, 0.2) is 56.9 Å². The molecule has 0 unspecified atom stereocenters. The van der Waals surface area contributed by atoms with Gasteiger partial charge in [-0.15, -0.1) is 0 Å². The fourth-order valence-electron chi connectivity index (χ4n) is 2.26. The highest BCUT2D eigenvalue weighted by Crippen LogP contribution is 2.35. The molecule has 132 valence electrons. The molecule has 3 aromatic rings. The molecule has 1 aromatic heterocycles. The monoisotopic (exact) mass is 419 g/mol. The van der Waals surface area contributed by atoms with Crippen LogP contribution in [0.5, 0.6) is 0 Å². The number of hydrogen-bond acceptors (Lipinski definition) is 5. The zero-order valence-electron chi connectivity index (χ0n) is 12.7. The van der Waals surface area contributed by atoms with Crippen LogP contribution in [-0.2, 0) is 19.9 Å². The van der Waals surface area contributed by atoms with E-state index in [-0.39, 0.29) is 20.6 Å². The van der Waals surface area contributed by atoms with Crippen molar-refractivity contribution in [2.45, 2.75) is 9.99 Å². The van der Waals surface area contributed by atoms with E-state index in [1.807, 2.05) is 0 Å². The minimum atomic E-state index is -4.28. The predicted octanol–water partition coefficient (Wildman–Crippen LogP) is 3.94. The van der Waals surface area contributed by atoms with Gasteiger partial charge in [-0.2, -0.15) is 8.42 Å². The summed E-state index contributed by atoms with van der Waals surface area (Å²) in [6.07, 6.45) is 0.961. The van der Waals surface area contributed by atoms with Gasteiger partial charge in [0.15, 0.2) is 9.84 Å². The van der Waals surface area contributed by atoms with Gasteiger partial charge in [-0.25, -0.2) is 8.42 Å². The lowest BCUT2D eigenvalue weighted by atomic mass is 10.3. The second kappa shape index (κ2) is 6.21. The summed E-state index contributed by atoms with van der Waals surface area (Å²) in [5, 5.41) is 0.000557. The van der Waals surface area contributed by atoms with Crippen LogP contribution in [0.25, 0.3) is 11.0 Å². The maximum atomic E-state index is 12.7. The molecule has 0 aliphatic rings. The summed E-state index contributed by atoms with van der Waals surface area (Å²) in [5.41, 5.74) is 0.105. The van der Waals surface area contributed by atoms with Crippen molar-refractivity contribution in [2.24, 2.45) is 0 Å². The number of sulfone groups is 1. The zero-order chi connectivity index (χ0) is 18.4. The molecular weight excluding hydrogens is 409 g/mol. The summed E-state index contributed by atoms with van der Waals surface area (Å²) in [4.78, 5) is -0.215. The van der Waals surface area contributed by atoms with Crippen LogP contribution in [0.4, 0.5) is 5.69 Å². The molecule has 0 atom stereocenters. The summed E-state index contributed by atoms with van der Waals surface area (Å²) in [5.74, 6) is 0. The van der Waals surface area contributed by atoms with Gasteiger partial charge in [0.1, 0.15) is 10.6 Å². The number of halogens is 2. The van der Waals surface area contributed by atoms with Gasteiger partial charge in [0.25, 0.3) is 15.1 Å². The van der Waals surface area contributed by atoms with Crippen LogP contribution in [0.2, 0.25) is 10.0 Å². The van der Waals surface area contributed by atoms with Crippen molar-refractivity contribution in [3.63, 3.8) is 0 Å². The largest absolute Gasteiger partial charge is 0.442 e. The Morgan fingerprint density at radius 1 is 1.00 bits per heavy atom. The average molecular weight is 420 g/mol. The van der Waals surface area contributed by atoms with E-state index in [9.17, 15) is 16.8 Å². The Morgan fingerprint density at radius 2 is 1.68 bits per heavy atom. The molecule has 6 nitrogen and oxygen atoms in total. The van der Waals surface area contributed by atoms with Crippen LogP contribution in [0, 0.1) is 0 Å². The summed E-state index contributed by atoms with van der Waals surface area (Å²) < 4.78 is 56.6. The molecule has 10 heteroatoms. The lowest BCUT2D eigenvalue weighted by molar-refractivity contribution is 0.484. The Labute approximate surface area is 154 Å². The number of hydrogen-bond donors (Lipinski definition) is 1. The maximum absolute atomic E-state index is 12.7. The molecule has 0 radical (unpaired) electrons. The van der Waals surface area contributed by atoms with Crippen LogP contribution in [0.1, 0.15) is 0 Å². The Kier molecular flexibility index (Phi) is 4.48. The Balaban J connectivity index is 2.14. The predicted molar refractivity (Wildman–Crippen MR) is 96.6 cm³/mol. The van der Waals surface area contributed by atoms with Crippen molar-refractivity contribution in [3.05, 3.63) is 52.5 Å². The van der Waals surface area contributed by atoms with Crippen molar-refractivity contribution < 1.29 is 21.3 Å². The van der Waals surface area contributed by atoms with Crippen molar-refractivity contribution in [1.29, 1.82) is 0 Å². The first-order valence-corrected chi connectivity index (χ1v) is 10.9. The highest BCUT2D eigenvalue weighted by molar-refractivity contribution is 7.93. The third-order valence-corrected chi connectivity index (χ3v) is 6.48. The van der Waals surface area contributed by atoms with Gasteiger partial charge in [0.2, 0.25) is 0 Å². The fraction of sp³-hybridized carbons (Fsp3) is 0.0667. The van der Waals surface area contributed by atoms with E-state index in [4.69, 9.17) is 27.6 Å². The summed E-state index contributed by atoms with van der Waals surface area (Å²) >= 11 is 12.0. The standard InChI is InChI=1S/C15H11Cl2NO5S2/c1-24(19,20)13-7-6-9(16)8-11(13)18-25(21,22)15-14(17)10-4-2-3-5-12(10)23-15/h2-8,18H,1H3. The molecule has 0 bridgehead atoms. The van der Waals surface area contributed by atoms with Crippen molar-refractivity contribution in [1.82, 2.24) is 0 Å². The Hall–Kier alpha value is -1.74. The smallest absolute Gasteiger partial charge is 0.297 e. The quantitative estimate of drug-likeness (QED) is 0.690. The van der Waals surface area contributed by atoms with Crippen LogP contribution in [0.3, 0.4) is 0 Å². The Morgan fingerprint density at radius 3 is 2.32 bits per heavy atom. The van der Waals surface area contributed by atoms with Crippen molar-refractivity contribution in [2.75, 3.05) is 11.0 Å². The second-order valence-corrected chi connectivity index (χ2v) is 9.60. The second-order valence-electron chi connectivity index (χ2n) is 5.22. The van der Waals surface area contributed by atoms with Gasteiger partial charge in [-0.3, -0.25) is 4.72 Å². The first-order valence-electron chi connectivity index (χ1n) is 6.79. The number of para-hydroxylation sites is 1. The minimum Gasteiger partial charge on any atom is -0.442 e. The lowest BCUT2D eigenvalue weighted by Crippen LogP contribution is -2.15. The number of sulfonamides is 1. The molecule has 25 heavy (non-hydrogen) atoms. The zero-order valence-corrected chi connectivity index (χ0v) is 15.8. The first-order chi connectivity index (χ1) is 11.6. The van der Waals surface area contributed by atoms with Crippen molar-refractivity contribution >= 4 is 59.7 Å². The van der Waals surface area contributed by atoms with Crippen molar-refractivity contribution in [3.8, 4) is 0 Å². The number of furan rings is 1. The van der Waals surface area contributed by atoms with Crippen LogP contribution in [-0.4, -0.2) is 23.1 Å². The SMILES string of the molecule is CS(=O)(=O)c1ccc(Cl)cc1NS(=O)(=O)c1oc2ccccc2c1Cl.